The van der Waals surface area contributed by atoms with Gasteiger partial charge in [-0.05, 0) is 36.2 Å². The molecule has 2 rings (SSSR count). The molecule has 0 aliphatic rings. The lowest BCUT2D eigenvalue weighted by molar-refractivity contribution is 0.293. The second-order valence-electron chi connectivity index (χ2n) is 4.60. The van der Waals surface area contributed by atoms with Crippen molar-refractivity contribution in [3.63, 3.8) is 0 Å². The molecule has 1 heterocycles. The van der Waals surface area contributed by atoms with Gasteiger partial charge < -0.3 is 10.1 Å². The van der Waals surface area contributed by atoms with Crippen LogP contribution in [0.15, 0.2) is 42.6 Å². The van der Waals surface area contributed by atoms with Gasteiger partial charge in [-0.25, -0.2) is 4.98 Å². The van der Waals surface area contributed by atoms with Crippen molar-refractivity contribution in [3.05, 3.63) is 58.7 Å². The third-order valence-corrected chi connectivity index (χ3v) is 3.11. The number of nitrogens with zero attached hydrogens (tertiary/aromatic N) is 1. The van der Waals surface area contributed by atoms with Crippen LogP contribution in [0.25, 0.3) is 0 Å². The molecule has 0 fully saturated rings. The number of pyridine rings is 1. The lowest BCUT2D eigenvalue weighted by Gasteiger charge is -2.07. The molecule has 0 saturated heterocycles. The summed E-state index contributed by atoms with van der Waals surface area (Å²) in [5.74, 6) is 0.638. The number of nitrogens with one attached hydrogen (secondary N) is 1. The van der Waals surface area contributed by atoms with Gasteiger partial charge in [0.25, 0.3) is 0 Å². The van der Waals surface area contributed by atoms with Crippen LogP contribution in [0.1, 0.15) is 24.5 Å². The molecule has 0 aliphatic carbocycles. The molecule has 0 unspecified atom stereocenters. The number of halogens is 1. The van der Waals surface area contributed by atoms with Crippen LogP contribution in [0.4, 0.5) is 0 Å². The Labute approximate surface area is 124 Å². The van der Waals surface area contributed by atoms with E-state index in [4.69, 9.17) is 16.3 Å². The van der Waals surface area contributed by atoms with Crippen LogP contribution in [0.5, 0.6) is 5.88 Å². The fourth-order valence-corrected chi connectivity index (χ4v) is 1.87. The minimum atomic E-state index is 0.498. The Kier molecular flexibility index (Phi) is 5.84. The van der Waals surface area contributed by atoms with Crippen LogP contribution in [0.3, 0.4) is 0 Å². The number of aromatic nitrogens is 1. The average molecular weight is 291 g/mol. The van der Waals surface area contributed by atoms with Crippen LogP contribution in [-0.2, 0) is 13.2 Å². The molecular formula is C16H19ClN2O. The Morgan fingerprint density at radius 3 is 2.50 bits per heavy atom. The first-order chi connectivity index (χ1) is 9.78. The van der Waals surface area contributed by atoms with Gasteiger partial charge in [-0.2, -0.15) is 0 Å². The molecule has 1 N–H and O–H groups in total. The molecule has 1 aromatic heterocycles. The third-order valence-electron chi connectivity index (χ3n) is 2.85. The molecule has 0 bridgehead atoms. The summed E-state index contributed by atoms with van der Waals surface area (Å²) >= 11 is 5.84. The monoisotopic (exact) mass is 290 g/mol. The van der Waals surface area contributed by atoms with Crippen molar-refractivity contribution >= 4 is 11.6 Å². The quantitative estimate of drug-likeness (QED) is 0.787. The zero-order valence-electron chi connectivity index (χ0n) is 11.6. The van der Waals surface area contributed by atoms with Gasteiger partial charge in [0.15, 0.2) is 0 Å². The van der Waals surface area contributed by atoms with Gasteiger partial charge in [0.2, 0.25) is 5.88 Å². The van der Waals surface area contributed by atoms with Gasteiger partial charge >= 0.3 is 0 Å². The molecule has 0 atom stereocenters. The van der Waals surface area contributed by atoms with Gasteiger partial charge in [-0.15, -0.1) is 0 Å². The molecule has 3 nitrogen and oxygen atoms in total. The molecule has 4 heteroatoms. The van der Waals surface area contributed by atoms with Gasteiger partial charge in [-0.1, -0.05) is 36.7 Å². The second kappa shape index (κ2) is 7.88. The van der Waals surface area contributed by atoms with Gasteiger partial charge in [0.1, 0.15) is 6.61 Å². The van der Waals surface area contributed by atoms with E-state index in [1.165, 1.54) is 0 Å². The number of hydrogen-bond acceptors (Lipinski definition) is 3. The molecule has 0 spiro atoms. The van der Waals surface area contributed by atoms with Crippen LogP contribution < -0.4 is 10.1 Å². The molecule has 1 aromatic carbocycles. The van der Waals surface area contributed by atoms with Crippen LogP contribution >= 0.6 is 11.6 Å². The summed E-state index contributed by atoms with van der Waals surface area (Å²) in [6, 6.07) is 11.6. The van der Waals surface area contributed by atoms with Crippen molar-refractivity contribution in [3.8, 4) is 5.88 Å². The van der Waals surface area contributed by atoms with E-state index in [1.807, 2.05) is 42.6 Å². The smallest absolute Gasteiger partial charge is 0.213 e. The van der Waals surface area contributed by atoms with Crippen LogP contribution in [-0.4, -0.2) is 11.5 Å². The molecule has 0 aliphatic heterocycles. The number of ether oxygens (including phenoxy) is 1. The Morgan fingerprint density at radius 1 is 1.10 bits per heavy atom. The molecule has 0 saturated carbocycles. The highest BCUT2D eigenvalue weighted by atomic mass is 35.5. The Balaban J connectivity index is 1.82. The van der Waals surface area contributed by atoms with Crippen molar-refractivity contribution in [1.29, 1.82) is 0 Å². The number of hydrogen-bond donors (Lipinski definition) is 1. The summed E-state index contributed by atoms with van der Waals surface area (Å²) in [7, 11) is 0. The van der Waals surface area contributed by atoms with Crippen LogP contribution in [0.2, 0.25) is 5.02 Å². The van der Waals surface area contributed by atoms with E-state index in [0.29, 0.717) is 12.5 Å². The Bertz CT molecular complexity index is 511. The lowest BCUT2D eigenvalue weighted by atomic mass is 10.2. The summed E-state index contributed by atoms with van der Waals surface area (Å²) in [6.45, 7) is 4.52. The molecular weight excluding hydrogens is 272 g/mol. The zero-order chi connectivity index (χ0) is 14.2. The van der Waals surface area contributed by atoms with Crippen molar-refractivity contribution in [1.82, 2.24) is 10.3 Å². The summed E-state index contributed by atoms with van der Waals surface area (Å²) in [6.07, 6.45) is 2.98. The highest BCUT2D eigenvalue weighted by molar-refractivity contribution is 6.30. The molecule has 0 radical (unpaired) electrons. The fourth-order valence-electron chi connectivity index (χ4n) is 1.75. The van der Waals surface area contributed by atoms with E-state index in [0.717, 1.165) is 35.7 Å². The minimum absolute atomic E-state index is 0.498. The van der Waals surface area contributed by atoms with Crippen molar-refractivity contribution in [2.45, 2.75) is 26.5 Å². The van der Waals surface area contributed by atoms with Crippen molar-refractivity contribution in [2.24, 2.45) is 0 Å². The first-order valence-electron chi connectivity index (χ1n) is 6.81. The minimum Gasteiger partial charge on any atom is -0.473 e. The Hall–Kier alpha value is -1.58. The summed E-state index contributed by atoms with van der Waals surface area (Å²) in [4.78, 5) is 4.30. The van der Waals surface area contributed by atoms with E-state index in [2.05, 4.69) is 17.2 Å². The predicted octanol–water partition coefficient (Wildman–Crippen LogP) is 3.81. The van der Waals surface area contributed by atoms with Crippen LogP contribution in [0, 0.1) is 0 Å². The topological polar surface area (TPSA) is 34.1 Å². The van der Waals surface area contributed by atoms with Gasteiger partial charge in [0, 0.05) is 23.8 Å². The molecule has 20 heavy (non-hydrogen) atoms. The SMILES string of the molecule is CCCNCc1ccc(OCc2ccc(Cl)cc2)nc1. The largest absolute Gasteiger partial charge is 0.473 e. The van der Waals surface area contributed by atoms with E-state index >= 15 is 0 Å². The molecule has 0 amide bonds. The maximum Gasteiger partial charge on any atom is 0.213 e. The van der Waals surface area contributed by atoms with Gasteiger partial charge in [0.05, 0.1) is 0 Å². The molecule has 106 valence electrons. The Morgan fingerprint density at radius 2 is 1.85 bits per heavy atom. The fraction of sp³-hybridized carbons (Fsp3) is 0.312. The predicted molar refractivity (Wildman–Crippen MR) is 82.0 cm³/mol. The summed E-state index contributed by atoms with van der Waals surface area (Å²) < 4.78 is 5.64. The lowest BCUT2D eigenvalue weighted by Crippen LogP contribution is -2.13. The molecule has 2 aromatic rings. The highest BCUT2D eigenvalue weighted by Crippen LogP contribution is 2.13. The normalized spacial score (nSPS) is 10.5. The van der Waals surface area contributed by atoms with Gasteiger partial charge in [-0.3, -0.25) is 0 Å². The van der Waals surface area contributed by atoms with E-state index < -0.39 is 0 Å². The summed E-state index contributed by atoms with van der Waals surface area (Å²) in [5, 5.41) is 4.07. The first-order valence-corrected chi connectivity index (χ1v) is 7.18. The standard InChI is InChI=1S/C16H19ClN2O/c1-2-9-18-10-14-5-8-16(19-11-14)20-12-13-3-6-15(17)7-4-13/h3-8,11,18H,2,9-10,12H2,1H3. The van der Waals surface area contributed by atoms with E-state index in [1.54, 1.807) is 0 Å². The highest BCUT2D eigenvalue weighted by Gasteiger charge is 1.99. The zero-order valence-corrected chi connectivity index (χ0v) is 12.4. The maximum absolute atomic E-state index is 5.84. The van der Waals surface area contributed by atoms with Crippen molar-refractivity contribution < 1.29 is 4.74 Å². The first kappa shape index (κ1) is 14.8. The number of rotatable bonds is 7. The number of benzene rings is 1. The average Bonchev–Trinajstić information content (AvgIpc) is 2.48. The third kappa shape index (κ3) is 4.83. The van der Waals surface area contributed by atoms with Crippen molar-refractivity contribution in [2.75, 3.05) is 6.54 Å². The summed E-state index contributed by atoms with van der Waals surface area (Å²) in [5.41, 5.74) is 2.24. The van der Waals surface area contributed by atoms with E-state index in [-0.39, 0.29) is 0 Å². The second-order valence-corrected chi connectivity index (χ2v) is 5.03. The van der Waals surface area contributed by atoms with E-state index in [9.17, 15) is 0 Å². The maximum atomic E-state index is 5.84.